The lowest BCUT2D eigenvalue weighted by Crippen LogP contribution is -2.20. The molecule has 0 saturated heterocycles. The van der Waals surface area contributed by atoms with Crippen molar-refractivity contribution in [2.45, 2.75) is 0 Å². The van der Waals surface area contributed by atoms with Crippen molar-refractivity contribution in [3.63, 3.8) is 0 Å². The van der Waals surface area contributed by atoms with E-state index in [2.05, 4.69) is 103 Å². The summed E-state index contributed by atoms with van der Waals surface area (Å²) in [6.45, 7) is -3.81. The second kappa shape index (κ2) is 12.4. The summed E-state index contributed by atoms with van der Waals surface area (Å²) in [5, 5.41) is 9.60. The maximum atomic E-state index is 8.35. The fourth-order valence-electron chi connectivity index (χ4n) is 2.18. The Hall–Kier alpha value is -2.00. The number of rotatable bonds is 3. The Morgan fingerprint density at radius 1 is 0.704 bits per heavy atom. The predicted molar refractivity (Wildman–Crippen MR) is 115 cm³/mol. The van der Waals surface area contributed by atoms with Gasteiger partial charge in [-0.05, 0) is 35.6 Å². The van der Waals surface area contributed by atoms with Gasteiger partial charge in [0.2, 0.25) is 6.08 Å². The van der Waals surface area contributed by atoms with E-state index < -0.39 is 14.6 Å². The second-order valence-corrected chi connectivity index (χ2v) is 9.67. The van der Waals surface area contributed by atoms with Gasteiger partial charge in [-0.2, -0.15) is 0 Å². The molecule has 0 spiro atoms. The molecule has 0 aliphatic rings. The van der Waals surface area contributed by atoms with Gasteiger partial charge >= 0.3 is 6.72 Å². The van der Waals surface area contributed by atoms with E-state index in [0.717, 1.165) is 6.08 Å². The first-order chi connectivity index (χ1) is 12.9. The highest BCUT2D eigenvalue weighted by Crippen LogP contribution is 2.32. The lowest BCUT2D eigenvalue weighted by atomic mass is 10.4. The van der Waals surface area contributed by atoms with Gasteiger partial charge in [-0.3, -0.25) is 0 Å². The normalized spacial score (nSPS) is 9.93. The van der Waals surface area contributed by atoms with Crippen LogP contribution in [0.4, 0.5) is 0 Å². The standard InChI is InChI=1S/C18H15P.CHNO.H3O3PS/c1-4-10-16(11-5-1)19(17-12-6-2-7-13-17)18-14-8-3-9-15-18;2-1-3;1-4(2,3)5/h1-15H;2H;(H3,1,2,3,5). The number of hydrogen-bond acceptors (Lipinski definition) is 3. The Morgan fingerprint density at radius 2 is 0.889 bits per heavy atom. The second-order valence-electron chi connectivity index (χ2n) is 4.96. The van der Waals surface area contributed by atoms with Crippen LogP contribution in [0.1, 0.15) is 0 Å². The van der Waals surface area contributed by atoms with E-state index in [1.807, 2.05) is 0 Å². The van der Waals surface area contributed by atoms with Crippen LogP contribution in [-0.2, 0) is 16.6 Å². The number of benzene rings is 3. The smallest absolute Gasteiger partial charge is 0.319 e. The summed E-state index contributed by atoms with van der Waals surface area (Å²) < 4.78 is 0. The van der Waals surface area contributed by atoms with Crippen LogP contribution >= 0.6 is 14.6 Å². The molecule has 27 heavy (non-hydrogen) atoms. The van der Waals surface area contributed by atoms with Gasteiger partial charge in [-0.15, -0.1) is 0 Å². The minimum atomic E-state index is -3.81. The molecule has 3 rings (SSSR count). The zero-order chi connectivity index (χ0) is 20.1. The quantitative estimate of drug-likeness (QED) is 0.297. The van der Waals surface area contributed by atoms with E-state index in [9.17, 15) is 0 Å². The molecule has 140 valence electrons. The highest BCUT2D eigenvalue weighted by Gasteiger charge is 2.14. The summed E-state index contributed by atoms with van der Waals surface area (Å²) in [5.74, 6) is 0. The molecule has 8 heteroatoms. The van der Waals surface area contributed by atoms with Crippen LogP contribution in [0.15, 0.2) is 91.0 Å². The molecule has 0 unspecified atom stereocenters. The van der Waals surface area contributed by atoms with Crippen LogP contribution < -0.4 is 15.9 Å². The monoisotopic (exact) mass is 419 g/mol. The van der Waals surface area contributed by atoms with Crippen molar-refractivity contribution in [3.05, 3.63) is 91.0 Å². The van der Waals surface area contributed by atoms with Crippen molar-refractivity contribution in [1.82, 2.24) is 0 Å². The molecular formula is C19H19NO4P2S. The van der Waals surface area contributed by atoms with Crippen molar-refractivity contribution in [2.24, 2.45) is 0 Å². The van der Waals surface area contributed by atoms with Crippen molar-refractivity contribution in [2.75, 3.05) is 0 Å². The summed E-state index contributed by atoms with van der Waals surface area (Å²) >= 11 is 3.60. The van der Waals surface area contributed by atoms with E-state index in [1.54, 1.807) is 0 Å². The first kappa shape index (κ1) is 23.0. The first-order valence-corrected chi connectivity index (χ1v) is 11.6. The fraction of sp³-hybridized carbons (Fsp3) is 0. The molecule has 0 bridgehead atoms. The molecule has 0 amide bonds. The van der Waals surface area contributed by atoms with Crippen molar-refractivity contribution >= 4 is 48.4 Å². The maximum absolute atomic E-state index is 8.35. The molecule has 0 radical (unpaired) electrons. The van der Waals surface area contributed by atoms with Crippen LogP contribution in [-0.4, -0.2) is 20.8 Å². The molecule has 0 aliphatic carbocycles. The Kier molecular flexibility index (Phi) is 10.6. The largest absolute Gasteiger partial charge is 0.325 e. The first-order valence-electron chi connectivity index (χ1n) is 7.64. The van der Waals surface area contributed by atoms with Crippen LogP contribution in [0.3, 0.4) is 0 Å². The van der Waals surface area contributed by atoms with Gasteiger partial charge in [0.15, 0.2) is 0 Å². The van der Waals surface area contributed by atoms with Gasteiger partial charge in [0.05, 0.1) is 0 Å². The van der Waals surface area contributed by atoms with Gasteiger partial charge in [-0.1, -0.05) is 91.0 Å². The lowest BCUT2D eigenvalue weighted by molar-refractivity contribution is 0.363. The van der Waals surface area contributed by atoms with E-state index >= 15 is 0 Å². The molecule has 0 heterocycles. The molecule has 5 nitrogen and oxygen atoms in total. The number of isocyanates is 1. The molecular weight excluding hydrogens is 400 g/mol. The Balaban J connectivity index is 0.000000390. The van der Waals surface area contributed by atoms with Crippen LogP contribution in [0.2, 0.25) is 0 Å². The Labute approximate surface area is 164 Å². The molecule has 3 aromatic rings. The van der Waals surface area contributed by atoms with Gasteiger partial charge in [0, 0.05) is 0 Å². The molecule has 0 aliphatic heterocycles. The topological polar surface area (TPSA) is 102 Å². The summed E-state index contributed by atoms with van der Waals surface area (Å²) in [5.41, 5.74) is 0. The molecule has 4 N–H and O–H groups in total. The Morgan fingerprint density at radius 3 is 1.07 bits per heavy atom. The zero-order valence-electron chi connectivity index (χ0n) is 14.2. The summed E-state index contributed by atoms with van der Waals surface area (Å²) in [4.78, 5) is 31.0. The SMILES string of the molecule is N=C=O.OP(O)(O)=S.c1ccc(P(c2ccccc2)c2ccccc2)cc1. The highest BCUT2D eigenvalue weighted by molar-refractivity contribution is 8.06. The van der Waals surface area contributed by atoms with E-state index in [0.29, 0.717) is 0 Å². The summed E-state index contributed by atoms with van der Waals surface area (Å²) in [6, 6.07) is 32.3. The zero-order valence-corrected chi connectivity index (χ0v) is 16.8. The van der Waals surface area contributed by atoms with Crippen molar-refractivity contribution in [3.8, 4) is 0 Å². The molecule has 0 atom stereocenters. The number of hydrogen-bond donors (Lipinski definition) is 4. The third-order valence-corrected chi connectivity index (χ3v) is 5.49. The molecule has 0 fully saturated rings. The van der Waals surface area contributed by atoms with E-state index in [-0.39, 0.29) is 0 Å². The lowest BCUT2D eigenvalue weighted by Gasteiger charge is -2.18. The van der Waals surface area contributed by atoms with Crippen molar-refractivity contribution in [1.29, 1.82) is 5.41 Å². The molecule has 0 saturated carbocycles. The number of nitrogens with one attached hydrogen (secondary N) is 1. The average molecular weight is 419 g/mol. The minimum absolute atomic E-state index is 0.446. The Bertz CT molecular complexity index is 766. The fourth-order valence-corrected chi connectivity index (χ4v) is 4.48. The van der Waals surface area contributed by atoms with Gasteiger partial charge in [-0.25, -0.2) is 10.2 Å². The summed E-state index contributed by atoms with van der Waals surface area (Å²) in [6.07, 6.45) is 0.750. The average Bonchev–Trinajstić information content (AvgIpc) is 2.64. The van der Waals surface area contributed by atoms with Crippen molar-refractivity contribution < 1.29 is 19.5 Å². The third kappa shape index (κ3) is 10.0. The van der Waals surface area contributed by atoms with Crippen LogP contribution in [0, 0.1) is 5.41 Å². The minimum Gasteiger partial charge on any atom is -0.325 e. The third-order valence-electron chi connectivity index (χ3n) is 3.04. The van der Waals surface area contributed by atoms with E-state index in [1.165, 1.54) is 15.9 Å². The summed E-state index contributed by atoms with van der Waals surface area (Å²) in [7, 11) is -0.446. The maximum Gasteiger partial charge on any atom is 0.319 e. The highest BCUT2D eigenvalue weighted by atomic mass is 32.5. The number of carbonyl (C=O) groups excluding carboxylic acids is 1. The molecule has 0 aromatic heterocycles. The van der Waals surface area contributed by atoms with Crippen LogP contribution in [0.25, 0.3) is 0 Å². The predicted octanol–water partition coefficient (Wildman–Crippen LogP) is 2.53. The van der Waals surface area contributed by atoms with Gasteiger partial charge < -0.3 is 14.7 Å². The van der Waals surface area contributed by atoms with Gasteiger partial charge in [0.25, 0.3) is 0 Å². The van der Waals surface area contributed by atoms with Crippen LogP contribution in [0.5, 0.6) is 0 Å². The van der Waals surface area contributed by atoms with Gasteiger partial charge in [0.1, 0.15) is 0 Å². The van der Waals surface area contributed by atoms with E-state index in [4.69, 9.17) is 24.9 Å². The molecule has 3 aromatic carbocycles.